The van der Waals surface area contributed by atoms with Gasteiger partial charge in [0.15, 0.2) is 0 Å². The topological polar surface area (TPSA) is 29.1 Å². The summed E-state index contributed by atoms with van der Waals surface area (Å²) in [6, 6.07) is 1.20. The van der Waals surface area contributed by atoms with E-state index in [0.717, 1.165) is 19.3 Å². The average molecular weight is 265 g/mol. The number of nitrogens with one attached hydrogen (secondary N) is 1. The molecule has 0 aromatic carbocycles. The first-order valence-corrected chi connectivity index (χ1v) is 8.60. The van der Waals surface area contributed by atoms with Crippen molar-refractivity contribution < 1.29 is 4.79 Å². The lowest BCUT2D eigenvalue weighted by Gasteiger charge is -2.18. The van der Waals surface area contributed by atoms with Crippen molar-refractivity contribution in [3.05, 3.63) is 0 Å². The summed E-state index contributed by atoms with van der Waals surface area (Å²) in [6.07, 6.45) is 15.1. The predicted molar refractivity (Wildman–Crippen MR) is 80.3 cm³/mol. The highest BCUT2D eigenvalue weighted by Crippen LogP contribution is 2.34. The quantitative estimate of drug-likeness (QED) is 0.599. The molecule has 2 rings (SSSR count). The van der Waals surface area contributed by atoms with E-state index in [1.807, 2.05) is 0 Å². The van der Waals surface area contributed by atoms with E-state index in [1.165, 1.54) is 57.8 Å². The van der Waals surface area contributed by atoms with E-state index in [0.29, 0.717) is 23.8 Å². The van der Waals surface area contributed by atoms with Crippen LogP contribution in [0.3, 0.4) is 0 Å². The lowest BCUT2D eigenvalue weighted by Crippen LogP contribution is -2.28. The summed E-state index contributed by atoms with van der Waals surface area (Å²) in [6.45, 7) is 2.26. The number of Topliss-reactive ketones (excluding diaryl/α,β-unsaturated/α-hetero) is 1. The van der Waals surface area contributed by atoms with Gasteiger partial charge in [-0.3, -0.25) is 4.79 Å². The number of carbonyl (C=O) groups is 1. The van der Waals surface area contributed by atoms with Gasteiger partial charge in [0.05, 0.1) is 0 Å². The van der Waals surface area contributed by atoms with Crippen LogP contribution in [0.5, 0.6) is 0 Å². The van der Waals surface area contributed by atoms with Gasteiger partial charge in [0.1, 0.15) is 5.78 Å². The normalized spacial score (nSPS) is 29.0. The molecule has 3 atom stereocenters. The zero-order valence-corrected chi connectivity index (χ0v) is 12.6. The first kappa shape index (κ1) is 15.0. The highest BCUT2D eigenvalue weighted by Gasteiger charge is 2.41. The summed E-state index contributed by atoms with van der Waals surface area (Å²) < 4.78 is 0. The van der Waals surface area contributed by atoms with Crippen molar-refractivity contribution in [1.29, 1.82) is 0 Å². The van der Waals surface area contributed by atoms with Crippen molar-refractivity contribution in [3.8, 4) is 0 Å². The number of fused-ring (bicyclic) bond motifs is 2. The summed E-state index contributed by atoms with van der Waals surface area (Å²) in [7, 11) is 0. The monoisotopic (exact) mass is 265 g/mol. The molecule has 0 amide bonds. The minimum absolute atomic E-state index is 0.364. The smallest absolute Gasteiger partial charge is 0.137 e. The maximum Gasteiger partial charge on any atom is 0.137 e. The van der Waals surface area contributed by atoms with Gasteiger partial charge >= 0.3 is 0 Å². The molecule has 0 spiro atoms. The van der Waals surface area contributed by atoms with Gasteiger partial charge < -0.3 is 5.32 Å². The van der Waals surface area contributed by atoms with E-state index in [2.05, 4.69) is 12.2 Å². The standard InChI is InChI=1S/C17H31NO/c1-2-3-4-5-6-7-8-9-10-17(19)15-13-14-11-12-16(15)18-14/h14-16,18H,2-13H2,1H3. The molecular formula is C17H31NO. The zero-order chi connectivity index (χ0) is 13.5. The maximum atomic E-state index is 12.2. The SMILES string of the molecule is CCCCCCCCCCC(=O)C1CC2CCC1N2. The van der Waals surface area contributed by atoms with Gasteiger partial charge in [-0.25, -0.2) is 0 Å². The molecule has 0 aromatic heterocycles. The number of hydrogen-bond acceptors (Lipinski definition) is 2. The fourth-order valence-corrected chi connectivity index (χ4v) is 3.80. The largest absolute Gasteiger partial charge is 0.310 e. The Labute approximate surface area is 118 Å². The lowest BCUT2D eigenvalue weighted by molar-refractivity contribution is -0.123. The van der Waals surface area contributed by atoms with Crippen molar-refractivity contribution >= 4 is 5.78 Å². The van der Waals surface area contributed by atoms with Crippen LogP contribution < -0.4 is 5.32 Å². The van der Waals surface area contributed by atoms with Gasteiger partial charge in [-0.2, -0.15) is 0 Å². The molecule has 0 radical (unpaired) electrons. The summed E-state index contributed by atoms with van der Waals surface area (Å²) in [4.78, 5) is 12.2. The molecule has 19 heavy (non-hydrogen) atoms. The summed E-state index contributed by atoms with van der Waals surface area (Å²) >= 11 is 0. The Bertz CT molecular complexity index is 276. The van der Waals surface area contributed by atoms with E-state index >= 15 is 0 Å². The molecule has 110 valence electrons. The summed E-state index contributed by atoms with van der Waals surface area (Å²) in [5, 5.41) is 3.57. The minimum Gasteiger partial charge on any atom is -0.310 e. The Morgan fingerprint density at radius 2 is 1.68 bits per heavy atom. The predicted octanol–water partition coefficient (Wildman–Crippen LogP) is 4.23. The zero-order valence-electron chi connectivity index (χ0n) is 12.6. The summed E-state index contributed by atoms with van der Waals surface area (Å²) in [5.41, 5.74) is 0. The van der Waals surface area contributed by atoms with Crippen LogP contribution in [-0.4, -0.2) is 17.9 Å². The third kappa shape index (κ3) is 4.59. The second kappa shape index (κ2) is 8.04. The average Bonchev–Trinajstić information content (AvgIpc) is 3.04. The first-order valence-electron chi connectivity index (χ1n) is 8.60. The number of rotatable bonds is 10. The minimum atomic E-state index is 0.364. The van der Waals surface area contributed by atoms with Crippen molar-refractivity contribution in [3.63, 3.8) is 0 Å². The van der Waals surface area contributed by atoms with E-state index in [1.54, 1.807) is 0 Å². The molecule has 2 aliphatic heterocycles. The Morgan fingerprint density at radius 3 is 2.26 bits per heavy atom. The fraction of sp³-hybridized carbons (Fsp3) is 0.941. The molecular weight excluding hydrogens is 234 g/mol. The molecule has 2 bridgehead atoms. The van der Waals surface area contributed by atoms with Gasteiger partial charge in [-0.1, -0.05) is 51.9 Å². The molecule has 3 unspecified atom stereocenters. The Kier molecular flexibility index (Phi) is 6.36. The second-order valence-corrected chi connectivity index (χ2v) is 6.58. The molecule has 0 aliphatic carbocycles. The molecule has 2 saturated heterocycles. The van der Waals surface area contributed by atoms with Crippen molar-refractivity contribution in [1.82, 2.24) is 5.32 Å². The van der Waals surface area contributed by atoms with Crippen LogP contribution in [0.25, 0.3) is 0 Å². The lowest BCUT2D eigenvalue weighted by atomic mass is 9.84. The number of carbonyl (C=O) groups excluding carboxylic acids is 1. The summed E-state index contributed by atoms with van der Waals surface area (Å²) in [5.74, 6) is 0.911. The van der Waals surface area contributed by atoms with E-state index in [4.69, 9.17) is 0 Å². The Hall–Kier alpha value is -0.370. The number of unbranched alkanes of at least 4 members (excludes halogenated alkanes) is 7. The van der Waals surface area contributed by atoms with Gasteiger partial charge in [0, 0.05) is 24.4 Å². The van der Waals surface area contributed by atoms with E-state index in [-0.39, 0.29) is 0 Å². The van der Waals surface area contributed by atoms with Crippen LogP contribution in [0, 0.1) is 5.92 Å². The molecule has 0 saturated carbocycles. The van der Waals surface area contributed by atoms with Crippen molar-refractivity contribution in [2.45, 2.75) is 96.1 Å². The van der Waals surface area contributed by atoms with E-state index < -0.39 is 0 Å². The molecule has 0 aromatic rings. The third-order valence-corrected chi connectivity index (χ3v) is 4.99. The second-order valence-electron chi connectivity index (χ2n) is 6.58. The fourth-order valence-electron chi connectivity index (χ4n) is 3.80. The molecule has 1 N–H and O–H groups in total. The molecule has 2 heterocycles. The first-order chi connectivity index (χ1) is 9.31. The van der Waals surface area contributed by atoms with E-state index in [9.17, 15) is 4.79 Å². The third-order valence-electron chi connectivity index (χ3n) is 4.99. The van der Waals surface area contributed by atoms with Crippen molar-refractivity contribution in [2.75, 3.05) is 0 Å². The molecule has 2 nitrogen and oxygen atoms in total. The molecule has 2 fully saturated rings. The van der Waals surface area contributed by atoms with Crippen molar-refractivity contribution in [2.24, 2.45) is 5.92 Å². The van der Waals surface area contributed by atoms with Crippen LogP contribution in [-0.2, 0) is 4.79 Å². The van der Waals surface area contributed by atoms with Gasteiger partial charge in [0.25, 0.3) is 0 Å². The molecule has 2 aliphatic rings. The molecule has 2 heteroatoms. The number of hydrogen-bond donors (Lipinski definition) is 1. The Morgan fingerprint density at radius 1 is 1.00 bits per heavy atom. The highest BCUT2D eigenvalue weighted by atomic mass is 16.1. The number of ketones is 1. The van der Waals surface area contributed by atoms with Crippen LogP contribution in [0.1, 0.15) is 84.0 Å². The van der Waals surface area contributed by atoms with Crippen LogP contribution >= 0.6 is 0 Å². The van der Waals surface area contributed by atoms with Gasteiger partial charge in [-0.15, -0.1) is 0 Å². The maximum absolute atomic E-state index is 12.2. The van der Waals surface area contributed by atoms with Crippen LogP contribution in [0.15, 0.2) is 0 Å². The van der Waals surface area contributed by atoms with Gasteiger partial charge in [0.2, 0.25) is 0 Å². The van der Waals surface area contributed by atoms with Crippen LogP contribution in [0.4, 0.5) is 0 Å². The Balaban J connectivity index is 1.46. The van der Waals surface area contributed by atoms with Gasteiger partial charge in [-0.05, 0) is 25.7 Å². The highest BCUT2D eigenvalue weighted by molar-refractivity contribution is 5.82. The van der Waals surface area contributed by atoms with Crippen LogP contribution in [0.2, 0.25) is 0 Å².